The van der Waals surface area contributed by atoms with E-state index in [0.717, 1.165) is 28.5 Å². The number of aromatic carboxylic acids is 1. The SMILES string of the molecule is Cc1ccc(-c2cc(C(Nc3ccc(C(=O)O)cc3)C3CCCCC3)c(C)o2)cn1. The normalized spacial score (nSPS) is 15.7. The smallest absolute Gasteiger partial charge is 0.335 e. The molecule has 1 fully saturated rings. The molecule has 2 N–H and O–H groups in total. The predicted molar refractivity (Wildman–Crippen MR) is 118 cm³/mol. The number of carboxylic acids is 1. The van der Waals surface area contributed by atoms with E-state index in [1.807, 2.05) is 44.3 Å². The molecule has 3 aromatic rings. The standard InChI is InChI=1S/C25H28N2O3/c1-16-8-9-20(15-26-16)23-14-22(17(2)30-23)24(18-6-4-3-5-7-18)27-21-12-10-19(11-13-21)25(28)29/h8-15,18,24,27H,3-7H2,1-2H3,(H,28,29). The topological polar surface area (TPSA) is 75.4 Å². The largest absolute Gasteiger partial charge is 0.478 e. The summed E-state index contributed by atoms with van der Waals surface area (Å²) < 4.78 is 6.14. The van der Waals surface area contributed by atoms with Gasteiger partial charge in [0, 0.05) is 28.7 Å². The van der Waals surface area contributed by atoms with Crippen molar-refractivity contribution in [2.75, 3.05) is 5.32 Å². The van der Waals surface area contributed by atoms with E-state index in [-0.39, 0.29) is 6.04 Å². The van der Waals surface area contributed by atoms with Crippen molar-refractivity contribution in [1.82, 2.24) is 4.98 Å². The number of pyridine rings is 1. The maximum atomic E-state index is 11.2. The molecule has 4 rings (SSSR count). The Morgan fingerprint density at radius 2 is 1.83 bits per heavy atom. The molecular weight excluding hydrogens is 376 g/mol. The average Bonchev–Trinajstić information content (AvgIpc) is 3.14. The molecule has 0 saturated heterocycles. The molecule has 1 unspecified atom stereocenters. The maximum absolute atomic E-state index is 11.2. The van der Waals surface area contributed by atoms with Crippen LogP contribution in [0, 0.1) is 19.8 Å². The molecule has 2 heterocycles. The first kappa shape index (κ1) is 20.2. The van der Waals surface area contributed by atoms with E-state index >= 15 is 0 Å². The van der Waals surface area contributed by atoms with Crippen LogP contribution in [0.3, 0.4) is 0 Å². The van der Waals surface area contributed by atoms with Gasteiger partial charge in [0.2, 0.25) is 0 Å². The Bertz CT molecular complexity index is 1000. The number of carboxylic acid groups (broad SMARTS) is 1. The molecule has 1 aliphatic rings. The lowest BCUT2D eigenvalue weighted by molar-refractivity contribution is 0.0697. The Hall–Kier alpha value is -3.08. The second kappa shape index (κ2) is 8.74. The first-order valence-electron chi connectivity index (χ1n) is 10.6. The van der Waals surface area contributed by atoms with Gasteiger partial charge in [-0.1, -0.05) is 19.3 Å². The highest BCUT2D eigenvalue weighted by Crippen LogP contribution is 2.40. The zero-order valence-electron chi connectivity index (χ0n) is 17.5. The van der Waals surface area contributed by atoms with Crippen LogP contribution >= 0.6 is 0 Å². The average molecular weight is 405 g/mol. The predicted octanol–water partition coefficient (Wildman–Crippen LogP) is 6.39. The molecular formula is C25H28N2O3. The van der Waals surface area contributed by atoms with Crippen molar-refractivity contribution in [2.45, 2.75) is 52.0 Å². The van der Waals surface area contributed by atoms with E-state index in [9.17, 15) is 4.79 Å². The van der Waals surface area contributed by atoms with Crippen LogP contribution in [-0.4, -0.2) is 16.1 Å². The summed E-state index contributed by atoms with van der Waals surface area (Å²) in [6, 6.07) is 13.3. The number of anilines is 1. The third kappa shape index (κ3) is 4.40. The molecule has 5 heteroatoms. The lowest BCUT2D eigenvalue weighted by Crippen LogP contribution is -2.23. The summed E-state index contributed by atoms with van der Waals surface area (Å²) in [5.74, 6) is 1.35. The van der Waals surface area contributed by atoms with Crippen LogP contribution < -0.4 is 5.32 Å². The van der Waals surface area contributed by atoms with Gasteiger partial charge in [-0.15, -0.1) is 0 Å². The minimum atomic E-state index is -0.910. The van der Waals surface area contributed by atoms with Crippen molar-refractivity contribution < 1.29 is 14.3 Å². The van der Waals surface area contributed by atoms with Gasteiger partial charge in [-0.3, -0.25) is 4.98 Å². The summed E-state index contributed by atoms with van der Waals surface area (Å²) in [4.78, 5) is 15.6. The molecule has 1 aromatic carbocycles. The molecule has 1 aliphatic carbocycles. The summed E-state index contributed by atoms with van der Waals surface area (Å²) in [5, 5.41) is 12.8. The summed E-state index contributed by atoms with van der Waals surface area (Å²) in [5.41, 5.74) is 4.34. The molecule has 5 nitrogen and oxygen atoms in total. The third-order valence-electron chi connectivity index (χ3n) is 6.06. The minimum Gasteiger partial charge on any atom is -0.478 e. The zero-order chi connectivity index (χ0) is 21.1. The van der Waals surface area contributed by atoms with Crippen LogP contribution in [-0.2, 0) is 0 Å². The number of nitrogens with one attached hydrogen (secondary N) is 1. The number of furan rings is 1. The highest BCUT2D eigenvalue weighted by atomic mass is 16.4. The monoisotopic (exact) mass is 404 g/mol. The summed E-state index contributed by atoms with van der Waals surface area (Å²) in [6.07, 6.45) is 7.99. The van der Waals surface area contributed by atoms with E-state index in [0.29, 0.717) is 11.5 Å². The fourth-order valence-corrected chi connectivity index (χ4v) is 4.37. The van der Waals surface area contributed by atoms with Gasteiger partial charge in [-0.05, 0) is 75.1 Å². The van der Waals surface area contributed by atoms with Gasteiger partial charge in [-0.2, -0.15) is 0 Å². The molecule has 2 aromatic heterocycles. The minimum absolute atomic E-state index is 0.122. The van der Waals surface area contributed by atoms with Gasteiger partial charge < -0.3 is 14.8 Å². The van der Waals surface area contributed by atoms with Crippen molar-refractivity contribution >= 4 is 11.7 Å². The van der Waals surface area contributed by atoms with Crippen molar-refractivity contribution in [2.24, 2.45) is 5.92 Å². The van der Waals surface area contributed by atoms with E-state index in [1.165, 1.54) is 37.7 Å². The number of aryl methyl sites for hydroxylation is 2. The van der Waals surface area contributed by atoms with Crippen LogP contribution in [0.4, 0.5) is 5.69 Å². The molecule has 1 atom stereocenters. The lowest BCUT2D eigenvalue weighted by Gasteiger charge is -2.31. The molecule has 30 heavy (non-hydrogen) atoms. The second-order valence-electron chi connectivity index (χ2n) is 8.21. The Morgan fingerprint density at radius 1 is 1.10 bits per heavy atom. The van der Waals surface area contributed by atoms with E-state index in [4.69, 9.17) is 9.52 Å². The number of carbonyl (C=O) groups is 1. The summed E-state index contributed by atoms with van der Waals surface area (Å²) >= 11 is 0. The van der Waals surface area contributed by atoms with Gasteiger partial charge in [0.1, 0.15) is 11.5 Å². The quantitative estimate of drug-likeness (QED) is 0.498. The van der Waals surface area contributed by atoms with E-state index in [1.54, 1.807) is 12.1 Å². The Kier molecular flexibility index (Phi) is 5.88. The summed E-state index contributed by atoms with van der Waals surface area (Å²) in [6.45, 7) is 3.99. The van der Waals surface area contributed by atoms with Crippen molar-refractivity contribution in [3.05, 3.63) is 71.2 Å². The van der Waals surface area contributed by atoms with Gasteiger partial charge in [0.15, 0.2) is 0 Å². The van der Waals surface area contributed by atoms with Crippen molar-refractivity contribution in [3.8, 4) is 11.3 Å². The molecule has 0 bridgehead atoms. The van der Waals surface area contributed by atoms with Crippen molar-refractivity contribution in [3.63, 3.8) is 0 Å². The number of rotatable bonds is 6. The highest BCUT2D eigenvalue weighted by molar-refractivity contribution is 5.88. The molecule has 0 spiro atoms. The fourth-order valence-electron chi connectivity index (χ4n) is 4.37. The van der Waals surface area contributed by atoms with Gasteiger partial charge in [0.25, 0.3) is 0 Å². The summed E-state index contributed by atoms with van der Waals surface area (Å²) in [7, 11) is 0. The first-order valence-corrected chi connectivity index (χ1v) is 10.6. The van der Waals surface area contributed by atoms with Crippen molar-refractivity contribution in [1.29, 1.82) is 0 Å². The van der Waals surface area contributed by atoms with E-state index in [2.05, 4.69) is 16.4 Å². The number of nitrogens with zero attached hydrogens (tertiary/aromatic N) is 1. The first-order chi connectivity index (χ1) is 14.5. The lowest BCUT2D eigenvalue weighted by atomic mass is 9.81. The van der Waals surface area contributed by atoms with Crippen LogP contribution in [0.25, 0.3) is 11.3 Å². The Balaban J connectivity index is 1.65. The number of aromatic nitrogens is 1. The second-order valence-corrected chi connectivity index (χ2v) is 8.21. The van der Waals surface area contributed by atoms with Crippen LogP contribution in [0.1, 0.15) is 65.5 Å². The van der Waals surface area contributed by atoms with Gasteiger partial charge >= 0.3 is 5.97 Å². The molecule has 0 amide bonds. The van der Waals surface area contributed by atoms with Crippen LogP contribution in [0.15, 0.2) is 53.1 Å². The zero-order valence-corrected chi connectivity index (χ0v) is 17.5. The molecule has 1 saturated carbocycles. The third-order valence-corrected chi connectivity index (χ3v) is 6.06. The highest BCUT2D eigenvalue weighted by Gasteiger charge is 2.28. The van der Waals surface area contributed by atoms with Gasteiger partial charge in [0.05, 0.1) is 11.6 Å². The van der Waals surface area contributed by atoms with Crippen LogP contribution in [0.5, 0.6) is 0 Å². The number of hydrogen-bond donors (Lipinski definition) is 2. The molecule has 0 aliphatic heterocycles. The van der Waals surface area contributed by atoms with Crippen LogP contribution in [0.2, 0.25) is 0 Å². The number of benzene rings is 1. The van der Waals surface area contributed by atoms with E-state index < -0.39 is 5.97 Å². The Labute approximate surface area is 177 Å². The Morgan fingerprint density at radius 3 is 2.47 bits per heavy atom. The maximum Gasteiger partial charge on any atom is 0.335 e. The fraction of sp³-hybridized carbons (Fsp3) is 0.360. The molecule has 156 valence electrons. The van der Waals surface area contributed by atoms with Gasteiger partial charge in [-0.25, -0.2) is 4.79 Å². The molecule has 0 radical (unpaired) electrons. The number of hydrogen-bond acceptors (Lipinski definition) is 4.